The van der Waals surface area contributed by atoms with Gasteiger partial charge in [-0.05, 0) is 11.6 Å². The second-order valence-electron chi connectivity index (χ2n) is 6.49. The van der Waals surface area contributed by atoms with Crippen molar-refractivity contribution in [2.75, 3.05) is 0 Å². The van der Waals surface area contributed by atoms with Gasteiger partial charge in [0.25, 0.3) is 0 Å². The van der Waals surface area contributed by atoms with E-state index in [4.69, 9.17) is 5.26 Å². The molecule has 17 heteroatoms. The van der Waals surface area contributed by atoms with Crippen LogP contribution < -0.4 is 0 Å². The molecule has 188 valence electrons. The van der Waals surface area contributed by atoms with Gasteiger partial charge in [-0.2, -0.15) is 71.1 Å². The van der Waals surface area contributed by atoms with Crippen molar-refractivity contribution in [2.45, 2.75) is 54.2 Å². The van der Waals surface area contributed by atoms with Crippen molar-refractivity contribution in [2.24, 2.45) is 0 Å². The lowest BCUT2D eigenvalue weighted by atomic mass is 9.88. The Bertz CT molecular complexity index is 900. The summed E-state index contributed by atoms with van der Waals surface area (Å²) >= 11 is 0. The van der Waals surface area contributed by atoms with Crippen LogP contribution in [0.4, 0.5) is 65.9 Å². The van der Waals surface area contributed by atoms with Crippen LogP contribution in [-0.4, -0.2) is 46.8 Å². The van der Waals surface area contributed by atoms with Gasteiger partial charge in [-0.25, -0.2) is 0 Å². The summed E-state index contributed by atoms with van der Waals surface area (Å²) in [5, 5.41) is 18.3. The monoisotopic (exact) mass is 515 g/mol. The molecule has 0 saturated carbocycles. The smallest absolute Gasteiger partial charge is 0.388 e. The zero-order valence-corrected chi connectivity index (χ0v) is 15.2. The molecule has 0 fully saturated rings. The van der Waals surface area contributed by atoms with Crippen LogP contribution in [0.25, 0.3) is 0 Å². The summed E-state index contributed by atoms with van der Waals surface area (Å²) in [6, 6.07) is 4.66. The summed E-state index contributed by atoms with van der Waals surface area (Å²) < 4.78 is 197. The van der Waals surface area contributed by atoms with E-state index in [0.717, 1.165) is 18.2 Å². The Hall–Kier alpha value is -2.38. The molecule has 0 heterocycles. The molecule has 0 bridgehead atoms. The van der Waals surface area contributed by atoms with Gasteiger partial charge in [-0.15, -0.1) is 0 Å². The molecule has 1 rings (SSSR count). The Morgan fingerprint density at radius 3 is 1.48 bits per heavy atom. The first-order valence-electron chi connectivity index (χ1n) is 7.94. The van der Waals surface area contributed by atoms with Gasteiger partial charge < -0.3 is 5.11 Å². The second-order valence-corrected chi connectivity index (χ2v) is 6.49. The number of rotatable bonds is 8. The molecule has 2 nitrogen and oxygen atoms in total. The third-order valence-corrected chi connectivity index (χ3v) is 4.28. The van der Waals surface area contributed by atoms with Gasteiger partial charge in [0.05, 0.1) is 17.7 Å². The van der Waals surface area contributed by atoms with E-state index in [0.29, 0.717) is 6.07 Å². The molecule has 0 radical (unpaired) electrons. The number of aliphatic hydroxyl groups excluding tert-OH is 1. The maximum atomic E-state index is 13.9. The normalized spacial score (nSPS) is 15.8. The van der Waals surface area contributed by atoms with Crippen LogP contribution in [0.3, 0.4) is 0 Å². The molecule has 0 spiro atoms. The molecule has 1 N–H and O–H groups in total. The Labute approximate surface area is 173 Å². The lowest BCUT2D eigenvalue weighted by Gasteiger charge is -2.41. The van der Waals surface area contributed by atoms with Crippen molar-refractivity contribution in [3.05, 3.63) is 35.4 Å². The van der Waals surface area contributed by atoms with Crippen LogP contribution >= 0.6 is 0 Å². The van der Waals surface area contributed by atoms with Crippen LogP contribution in [-0.2, 0) is 0 Å². The zero-order chi connectivity index (χ0) is 26.5. The summed E-state index contributed by atoms with van der Waals surface area (Å²) in [6.07, 6.45) is -13.6. The molecule has 0 aliphatic rings. The van der Waals surface area contributed by atoms with Crippen LogP contribution in [0.5, 0.6) is 0 Å². The fourth-order valence-electron chi connectivity index (χ4n) is 2.37. The Kier molecular flexibility index (Phi) is 7.06. The number of hydrogen-bond acceptors (Lipinski definition) is 2. The standard InChI is InChI=1S/C16H8F15NO/c17-10(18,5-9(33)8-4-2-1-3-7(8)6-32)11(19,20)12(21,22)13(23,24)14(25,26)15(27,28)16(29,30)31/h1-4,9,33H,5H2. The first-order chi connectivity index (χ1) is 14.4. The van der Waals surface area contributed by atoms with E-state index < -0.39 is 65.4 Å². The van der Waals surface area contributed by atoms with Crippen LogP contribution in [0, 0.1) is 11.3 Å². The minimum atomic E-state index is -8.39. The van der Waals surface area contributed by atoms with E-state index in [2.05, 4.69) is 0 Å². The van der Waals surface area contributed by atoms with Gasteiger partial charge in [0.2, 0.25) is 0 Å². The van der Waals surface area contributed by atoms with E-state index in [-0.39, 0.29) is 0 Å². The first kappa shape index (κ1) is 28.7. The third-order valence-electron chi connectivity index (χ3n) is 4.28. The molecule has 1 unspecified atom stereocenters. The topological polar surface area (TPSA) is 44.0 Å². The van der Waals surface area contributed by atoms with Gasteiger partial charge in [0.1, 0.15) is 0 Å². The maximum absolute atomic E-state index is 13.9. The number of hydrogen-bond donors (Lipinski definition) is 1. The van der Waals surface area contributed by atoms with Gasteiger partial charge in [0.15, 0.2) is 0 Å². The van der Waals surface area contributed by atoms with E-state index >= 15 is 0 Å². The number of nitriles is 1. The molecule has 1 aromatic rings. The lowest BCUT2D eigenvalue weighted by molar-refractivity contribution is -0.453. The summed E-state index contributed by atoms with van der Waals surface area (Å²) in [7, 11) is 0. The molecule has 33 heavy (non-hydrogen) atoms. The van der Waals surface area contributed by atoms with Crippen LogP contribution in [0.1, 0.15) is 23.7 Å². The molecule has 0 aliphatic carbocycles. The van der Waals surface area contributed by atoms with Crippen LogP contribution in [0.15, 0.2) is 24.3 Å². The molecular weight excluding hydrogens is 507 g/mol. The quantitative estimate of drug-likeness (QED) is 0.410. The molecule has 1 atom stereocenters. The SMILES string of the molecule is N#Cc1ccccc1C(O)CC(F)(F)C(F)(F)C(F)(F)C(F)(F)C(F)(F)C(F)(F)C(F)(F)F. The van der Waals surface area contributed by atoms with Crippen molar-refractivity contribution in [1.82, 2.24) is 0 Å². The van der Waals surface area contributed by atoms with E-state index in [1.165, 1.54) is 6.07 Å². The highest BCUT2D eigenvalue weighted by molar-refractivity contribution is 5.38. The molecular formula is C16H8F15NO. The van der Waals surface area contributed by atoms with Crippen molar-refractivity contribution in [3.8, 4) is 6.07 Å². The van der Waals surface area contributed by atoms with Crippen molar-refractivity contribution in [3.63, 3.8) is 0 Å². The van der Waals surface area contributed by atoms with Gasteiger partial charge in [-0.3, -0.25) is 0 Å². The number of benzene rings is 1. The van der Waals surface area contributed by atoms with Crippen molar-refractivity contribution < 1.29 is 71.0 Å². The first-order valence-corrected chi connectivity index (χ1v) is 7.94. The Balaban J connectivity index is 3.50. The summed E-state index contributed by atoms with van der Waals surface area (Å²) in [4.78, 5) is 0. The molecule has 0 aromatic heterocycles. The predicted octanol–water partition coefficient (Wildman–Crippen LogP) is 6.36. The average molecular weight is 515 g/mol. The second kappa shape index (κ2) is 8.13. The van der Waals surface area contributed by atoms with Gasteiger partial charge >= 0.3 is 41.7 Å². The fraction of sp³-hybridized carbons (Fsp3) is 0.562. The highest BCUT2D eigenvalue weighted by atomic mass is 19.4. The Morgan fingerprint density at radius 1 is 0.667 bits per heavy atom. The highest BCUT2D eigenvalue weighted by Gasteiger charge is 2.93. The van der Waals surface area contributed by atoms with Crippen LogP contribution in [0.2, 0.25) is 0 Å². The van der Waals surface area contributed by atoms with E-state index in [1.54, 1.807) is 0 Å². The zero-order valence-electron chi connectivity index (χ0n) is 15.2. The summed E-state index contributed by atoms with van der Waals surface area (Å²) in [6.45, 7) is 0. The average Bonchev–Trinajstić information content (AvgIpc) is 2.65. The van der Waals surface area contributed by atoms with Crippen molar-refractivity contribution >= 4 is 0 Å². The minimum Gasteiger partial charge on any atom is -0.388 e. The lowest BCUT2D eigenvalue weighted by Crippen LogP contribution is -2.72. The largest absolute Gasteiger partial charge is 0.460 e. The maximum Gasteiger partial charge on any atom is 0.460 e. The molecule has 0 saturated heterocycles. The number of alkyl halides is 15. The van der Waals surface area contributed by atoms with E-state index in [1.807, 2.05) is 0 Å². The molecule has 1 aromatic carbocycles. The number of nitrogens with zero attached hydrogens (tertiary/aromatic N) is 1. The summed E-state index contributed by atoms with van der Waals surface area (Å²) in [5.74, 6) is -47.3. The van der Waals surface area contributed by atoms with E-state index in [9.17, 15) is 71.0 Å². The van der Waals surface area contributed by atoms with Gasteiger partial charge in [-0.1, -0.05) is 18.2 Å². The fourth-order valence-corrected chi connectivity index (χ4v) is 2.37. The predicted molar refractivity (Wildman–Crippen MR) is 76.5 cm³/mol. The molecule has 0 aliphatic heterocycles. The number of halogens is 15. The molecule has 0 amide bonds. The number of aliphatic hydroxyl groups is 1. The highest BCUT2D eigenvalue weighted by Crippen LogP contribution is 2.63. The summed E-state index contributed by atoms with van der Waals surface area (Å²) in [5.41, 5.74) is -1.63. The Morgan fingerprint density at radius 2 is 1.06 bits per heavy atom. The van der Waals surface area contributed by atoms with Gasteiger partial charge in [0, 0.05) is 6.42 Å². The minimum absolute atomic E-state index is 0.627. The van der Waals surface area contributed by atoms with Crippen molar-refractivity contribution in [1.29, 1.82) is 5.26 Å². The third kappa shape index (κ3) is 4.17.